The molecule has 1 saturated heterocycles. The molecule has 1 atom stereocenters. The third-order valence-corrected chi connectivity index (χ3v) is 3.80. The van der Waals surface area contributed by atoms with Crippen molar-refractivity contribution < 1.29 is 9.59 Å². The lowest BCUT2D eigenvalue weighted by atomic mass is 10.0. The van der Waals surface area contributed by atoms with Crippen molar-refractivity contribution >= 4 is 41.9 Å². The van der Waals surface area contributed by atoms with E-state index < -0.39 is 0 Å². The smallest absolute Gasteiger partial charge is 0.324 e. The first-order valence-electron chi connectivity index (χ1n) is 8.27. The van der Waals surface area contributed by atoms with Crippen molar-refractivity contribution in [3.05, 3.63) is 35.9 Å². The first-order valence-corrected chi connectivity index (χ1v) is 8.27. The Morgan fingerprint density at radius 1 is 1.28 bits per heavy atom. The third-order valence-electron chi connectivity index (χ3n) is 3.80. The molecule has 1 aromatic carbocycles. The zero-order chi connectivity index (χ0) is 17.4. The monoisotopic (exact) mass is 459 g/mol. The van der Waals surface area contributed by atoms with E-state index in [2.05, 4.69) is 40.0 Å². The van der Waals surface area contributed by atoms with Crippen molar-refractivity contribution in [2.45, 2.75) is 19.8 Å². The van der Waals surface area contributed by atoms with Gasteiger partial charge in [0, 0.05) is 32.1 Å². The van der Waals surface area contributed by atoms with Crippen molar-refractivity contribution in [3.63, 3.8) is 0 Å². The molecule has 138 valence electrons. The van der Waals surface area contributed by atoms with Crippen LogP contribution in [0.3, 0.4) is 0 Å². The van der Waals surface area contributed by atoms with E-state index in [9.17, 15) is 9.59 Å². The van der Waals surface area contributed by atoms with E-state index in [1.165, 1.54) is 10.5 Å². The van der Waals surface area contributed by atoms with E-state index in [1.54, 1.807) is 0 Å². The summed E-state index contributed by atoms with van der Waals surface area (Å²) in [5.41, 5.74) is 1.25. The van der Waals surface area contributed by atoms with Crippen molar-refractivity contribution in [2.24, 2.45) is 4.99 Å². The van der Waals surface area contributed by atoms with Gasteiger partial charge in [0.25, 0.3) is 0 Å². The molecule has 0 saturated carbocycles. The molecule has 3 amide bonds. The van der Waals surface area contributed by atoms with Crippen LogP contribution in [0.25, 0.3) is 0 Å². The number of hydrogen-bond acceptors (Lipinski definition) is 3. The van der Waals surface area contributed by atoms with E-state index in [1.807, 2.05) is 25.1 Å². The number of nitrogens with zero attached hydrogens (tertiary/aromatic N) is 2. The molecule has 0 aromatic heterocycles. The average molecular weight is 459 g/mol. The highest BCUT2D eigenvalue weighted by Crippen LogP contribution is 2.14. The summed E-state index contributed by atoms with van der Waals surface area (Å²) in [7, 11) is 0. The highest BCUT2D eigenvalue weighted by atomic mass is 127. The number of halogens is 1. The zero-order valence-corrected chi connectivity index (χ0v) is 16.9. The largest absolute Gasteiger partial charge is 0.357 e. The molecule has 1 aliphatic heterocycles. The minimum absolute atomic E-state index is 0. The summed E-state index contributed by atoms with van der Waals surface area (Å²) in [5.74, 6) is 0.807. The number of hydrogen-bond donors (Lipinski definition) is 3. The number of aliphatic imine (C=N–C) groups is 1. The predicted octanol–water partition coefficient (Wildman–Crippen LogP) is 1.51. The van der Waals surface area contributed by atoms with E-state index in [0.29, 0.717) is 31.5 Å². The maximum Gasteiger partial charge on any atom is 0.324 e. The van der Waals surface area contributed by atoms with Crippen LogP contribution in [0, 0.1) is 0 Å². The van der Waals surface area contributed by atoms with Gasteiger partial charge in [0.1, 0.15) is 0 Å². The van der Waals surface area contributed by atoms with Crippen molar-refractivity contribution in [2.75, 3.05) is 32.7 Å². The standard InChI is InChI=1S/C17H25N5O2.HI/c1-3-18-16(19-9-10-22-15(23)12-21-17(22)24)20-11-13(2)14-7-5-4-6-8-14;/h4-8,13H,3,9-12H2,1-2H3,(H,21,24)(H2,18,19,20);1H. The number of benzene rings is 1. The summed E-state index contributed by atoms with van der Waals surface area (Å²) >= 11 is 0. The molecule has 1 aliphatic rings. The summed E-state index contributed by atoms with van der Waals surface area (Å²) in [6.45, 7) is 6.40. The molecule has 0 spiro atoms. The molecule has 25 heavy (non-hydrogen) atoms. The lowest BCUT2D eigenvalue weighted by molar-refractivity contribution is -0.124. The quantitative estimate of drug-likeness (QED) is 0.250. The van der Waals surface area contributed by atoms with E-state index >= 15 is 0 Å². The first-order chi connectivity index (χ1) is 11.6. The molecule has 8 heteroatoms. The van der Waals surface area contributed by atoms with Gasteiger partial charge in [0.05, 0.1) is 6.54 Å². The third kappa shape index (κ3) is 6.52. The molecule has 1 heterocycles. The normalized spacial score (nSPS) is 15.4. The second kappa shape index (κ2) is 10.9. The van der Waals surface area contributed by atoms with Crippen LogP contribution in [0.15, 0.2) is 35.3 Å². The Bertz CT molecular complexity index is 578. The summed E-state index contributed by atoms with van der Waals surface area (Å²) in [6, 6.07) is 9.91. The summed E-state index contributed by atoms with van der Waals surface area (Å²) in [6.07, 6.45) is 0. The van der Waals surface area contributed by atoms with E-state index in [0.717, 1.165) is 6.54 Å². The number of carbonyl (C=O) groups excluding carboxylic acids is 2. The highest BCUT2D eigenvalue weighted by Gasteiger charge is 2.27. The van der Waals surface area contributed by atoms with Gasteiger partial charge in [0.15, 0.2) is 5.96 Å². The molecular weight excluding hydrogens is 433 g/mol. The van der Waals surface area contributed by atoms with Crippen molar-refractivity contribution in [3.8, 4) is 0 Å². The first kappa shape index (κ1) is 21.2. The maximum absolute atomic E-state index is 11.5. The minimum Gasteiger partial charge on any atom is -0.357 e. The number of guanidine groups is 1. The number of carbonyl (C=O) groups is 2. The van der Waals surface area contributed by atoms with Crippen LogP contribution >= 0.6 is 24.0 Å². The number of imide groups is 1. The molecular formula is C17H26IN5O2. The Morgan fingerprint density at radius 3 is 2.60 bits per heavy atom. The summed E-state index contributed by atoms with van der Waals surface area (Å²) in [5, 5.41) is 8.84. The van der Waals surface area contributed by atoms with Gasteiger partial charge in [-0.05, 0) is 12.5 Å². The van der Waals surface area contributed by atoms with Gasteiger partial charge in [-0.25, -0.2) is 4.79 Å². The van der Waals surface area contributed by atoms with Crippen molar-refractivity contribution in [1.82, 2.24) is 20.9 Å². The fourth-order valence-corrected chi connectivity index (χ4v) is 2.42. The van der Waals surface area contributed by atoms with Crippen LogP contribution in [-0.4, -0.2) is 55.5 Å². The van der Waals surface area contributed by atoms with Crippen LogP contribution in [-0.2, 0) is 4.79 Å². The van der Waals surface area contributed by atoms with Gasteiger partial charge < -0.3 is 16.0 Å². The Kier molecular flexibility index (Phi) is 9.25. The fraction of sp³-hybridized carbons (Fsp3) is 0.471. The second-order valence-corrected chi connectivity index (χ2v) is 5.66. The zero-order valence-electron chi connectivity index (χ0n) is 14.6. The van der Waals surface area contributed by atoms with Crippen LogP contribution in [0.2, 0.25) is 0 Å². The maximum atomic E-state index is 11.5. The molecule has 2 rings (SSSR count). The van der Waals surface area contributed by atoms with Crippen LogP contribution < -0.4 is 16.0 Å². The van der Waals surface area contributed by atoms with Crippen molar-refractivity contribution in [1.29, 1.82) is 0 Å². The van der Waals surface area contributed by atoms with Crippen LogP contribution in [0.4, 0.5) is 4.79 Å². The molecule has 0 bridgehead atoms. The highest BCUT2D eigenvalue weighted by molar-refractivity contribution is 14.0. The molecule has 7 nitrogen and oxygen atoms in total. The Morgan fingerprint density at radius 2 is 2.00 bits per heavy atom. The summed E-state index contributed by atoms with van der Waals surface area (Å²) in [4.78, 5) is 28.8. The lowest BCUT2D eigenvalue weighted by Crippen LogP contribution is -2.43. The van der Waals surface area contributed by atoms with E-state index in [4.69, 9.17) is 0 Å². The van der Waals surface area contributed by atoms with Crippen LogP contribution in [0.1, 0.15) is 25.3 Å². The fourth-order valence-electron chi connectivity index (χ4n) is 2.42. The number of nitrogens with one attached hydrogen (secondary N) is 3. The molecule has 1 unspecified atom stereocenters. The van der Waals surface area contributed by atoms with Gasteiger partial charge in [-0.1, -0.05) is 37.3 Å². The van der Waals surface area contributed by atoms with Gasteiger partial charge in [-0.2, -0.15) is 0 Å². The number of urea groups is 1. The topological polar surface area (TPSA) is 85.8 Å². The molecule has 1 fully saturated rings. The Hall–Kier alpha value is -1.84. The lowest BCUT2D eigenvalue weighted by Gasteiger charge is -2.16. The van der Waals surface area contributed by atoms with Gasteiger partial charge in [-0.3, -0.25) is 14.7 Å². The minimum atomic E-state index is -0.332. The Balaban J connectivity index is 0.00000312. The Labute approximate surface area is 165 Å². The van der Waals surface area contributed by atoms with Gasteiger partial charge >= 0.3 is 6.03 Å². The summed E-state index contributed by atoms with van der Waals surface area (Å²) < 4.78 is 0. The number of amides is 3. The van der Waals surface area contributed by atoms with E-state index in [-0.39, 0.29) is 42.5 Å². The molecule has 0 aliphatic carbocycles. The molecule has 3 N–H and O–H groups in total. The molecule has 0 radical (unpaired) electrons. The second-order valence-electron chi connectivity index (χ2n) is 5.66. The van der Waals surface area contributed by atoms with Gasteiger partial charge in [0.2, 0.25) is 5.91 Å². The SMILES string of the molecule is CCNC(=NCC(C)c1ccccc1)NCCN1C(=O)CNC1=O.I. The van der Waals surface area contributed by atoms with Crippen LogP contribution in [0.5, 0.6) is 0 Å². The predicted molar refractivity (Wildman–Crippen MR) is 109 cm³/mol. The number of rotatable bonds is 7. The van der Waals surface area contributed by atoms with Gasteiger partial charge in [-0.15, -0.1) is 24.0 Å². The average Bonchev–Trinajstić information content (AvgIpc) is 2.92. The molecule has 1 aromatic rings.